The fourth-order valence-corrected chi connectivity index (χ4v) is 4.05. The molecule has 0 radical (unpaired) electrons. The highest BCUT2D eigenvalue weighted by Gasteiger charge is 2.33. The van der Waals surface area contributed by atoms with Crippen LogP contribution in [-0.4, -0.2) is 16.2 Å². The van der Waals surface area contributed by atoms with Gasteiger partial charge in [0.05, 0.1) is 10.6 Å². The largest absolute Gasteiger partial charge is 0.417 e. The summed E-state index contributed by atoms with van der Waals surface area (Å²) in [4.78, 5) is 12.0. The van der Waals surface area contributed by atoms with Crippen molar-refractivity contribution >= 4 is 51.5 Å². The first-order valence-corrected chi connectivity index (χ1v) is 9.94. The highest BCUT2D eigenvalue weighted by molar-refractivity contribution is 8.00. The van der Waals surface area contributed by atoms with E-state index in [-0.39, 0.29) is 10.8 Å². The summed E-state index contributed by atoms with van der Waals surface area (Å²) in [6.07, 6.45) is -4.62. The van der Waals surface area contributed by atoms with Crippen LogP contribution in [0.3, 0.4) is 0 Å². The number of aromatic nitrogens is 2. The Morgan fingerprint density at radius 2 is 1.86 bits per heavy atom. The molecule has 3 rings (SSSR count). The number of anilines is 2. The summed E-state index contributed by atoms with van der Waals surface area (Å²) in [5.74, 6) is 0.701. The van der Waals surface area contributed by atoms with Crippen molar-refractivity contribution in [3.05, 3.63) is 64.7 Å². The zero-order valence-corrected chi connectivity index (χ0v) is 16.3. The van der Waals surface area contributed by atoms with E-state index in [1.807, 2.05) is 30.3 Å². The molecule has 2 amide bonds. The zero-order chi connectivity index (χ0) is 20.1. The Hall–Kier alpha value is -2.30. The SMILES string of the molecule is O=C(Nc1ccc(Cl)c(C(F)(F)F)c1)Nc1nnc(SCc2ccccc2)s1. The summed E-state index contributed by atoms with van der Waals surface area (Å²) in [6.45, 7) is 0. The molecule has 0 aliphatic heterocycles. The lowest BCUT2D eigenvalue weighted by atomic mass is 10.2. The molecule has 146 valence electrons. The van der Waals surface area contributed by atoms with E-state index in [9.17, 15) is 18.0 Å². The van der Waals surface area contributed by atoms with Gasteiger partial charge in [0.1, 0.15) is 0 Å². The second-order valence-electron chi connectivity index (χ2n) is 5.42. The van der Waals surface area contributed by atoms with Gasteiger partial charge in [-0.05, 0) is 23.8 Å². The Balaban J connectivity index is 1.58. The Morgan fingerprint density at radius 1 is 1.11 bits per heavy atom. The lowest BCUT2D eigenvalue weighted by Crippen LogP contribution is -2.19. The molecule has 1 heterocycles. The Bertz CT molecular complexity index is 967. The maximum absolute atomic E-state index is 12.9. The summed E-state index contributed by atoms with van der Waals surface area (Å²) in [7, 11) is 0. The predicted molar refractivity (Wildman–Crippen MR) is 105 cm³/mol. The molecule has 5 nitrogen and oxygen atoms in total. The first-order valence-electron chi connectivity index (χ1n) is 7.76. The van der Waals surface area contributed by atoms with Gasteiger partial charge in [-0.25, -0.2) is 4.79 Å². The van der Waals surface area contributed by atoms with Crippen LogP contribution >= 0.6 is 34.7 Å². The number of halogens is 4. The van der Waals surface area contributed by atoms with Crippen LogP contribution in [0, 0.1) is 0 Å². The number of carbonyl (C=O) groups excluding carboxylic acids is 1. The molecular weight excluding hydrogens is 433 g/mol. The molecule has 0 saturated heterocycles. The van der Waals surface area contributed by atoms with Crippen LogP contribution in [-0.2, 0) is 11.9 Å². The minimum Gasteiger partial charge on any atom is -0.308 e. The second kappa shape index (κ2) is 8.80. The third-order valence-corrected chi connectivity index (χ3v) is 5.73. The quantitative estimate of drug-likeness (QED) is 0.366. The predicted octanol–water partition coefficient (Wildman–Crippen LogP) is 6.15. The first-order chi connectivity index (χ1) is 13.3. The summed E-state index contributed by atoms with van der Waals surface area (Å²) in [5.41, 5.74) is 0.0538. The van der Waals surface area contributed by atoms with Crippen LogP contribution < -0.4 is 10.6 Å². The van der Waals surface area contributed by atoms with Crippen LogP contribution in [0.4, 0.5) is 28.8 Å². The third-order valence-electron chi connectivity index (χ3n) is 3.36. The van der Waals surface area contributed by atoms with Gasteiger partial charge >= 0.3 is 12.2 Å². The number of benzene rings is 2. The van der Waals surface area contributed by atoms with Crippen molar-refractivity contribution in [3.63, 3.8) is 0 Å². The number of hydrogen-bond acceptors (Lipinski definition) is 5. The van der Waals surface area contributed by atoms with Crippen LogP contribution in [0.2, 0.25) is 5.02 Å². The zero-order valence-electron chi connectivity index (χ0n) is 14.0. The normalized spacial score (nSPS) is 11.3. The topological polar surface area (TPSA) is 66.9 Å². The number of nitrogens with one attached hydrogen (secondary N) is 2. The summed E-state index contributed by atoms with van der Waals surface area (Å²) >= 11 is 8.19. The molecule has 0 saturated carbocycles. The minimum absolute atomic E-state index is 0.0441. The van der Waals surface area contributed by atoms with E-state index in [0.717, 1.165) is 17.7 Å². The lowest BCUT2D eigenvalue weighted by molar-refractivity contribution is -0.137. The van der Waals surface area contributed by atoms with Gasteiger partial charge in [0, 0.05) is 11.4 Å². The fourth-order valence-electron chi connectivity index (χ4n) is 2.12. The molecule has 0 fully saturated rings. The van der Waals surface area contributed by atoms with Gasteiger partial charge < -0.3 is 5.32 Å². The number of alkyl halides is 3. The van der Waals surface area contributed by atoms with E-state index in [2.05, 4.69) is 20.8 Å². The van der Waals surface area contributed by atoms with E-state index >= 15 is 0 Å². The summed E-state index contributed by atoms with van der Waals surface area (Å²) in [6, 6.07) is 12.2. The monoisotopic (exact) mass is 444 g/mol. The van der Waals surface area contributed by atoms with Crippen LogP contribution in [0.25, 0.3) is 0 Å². The molecule has 3 aromatic rings. The van der Waals surface area contributed by atoms with Crippen molar-refractivity contribution in [1.29, 1.82) is 0 Å². The summed E-state index contributed by atoms with van der Waals surface area (Å²) in [5, 5.41) is 12.4. The molecule has 28 heavy (non-hydrogen) atoms. The standard InChI is InChI=1S/C17H12ClF3N4OS2/c18-13-7-6-11(8-12(13)17(19,20)21)22-14(26)23-15-24-25-16(28-15)27-9-10-4-2-1-3-5-10/h1-8H,9H2,(H2,22,23,24,26). The molecule has 2 N–H and O–H groups in total. The molecule has 0 unspecified atom stereocenters. The second-order valence-corrected chi connectivity index (χ2v) is 8.03. The fraction of sp³-hybridized carbons (Fsp3) is 0.118. The van der Waals surface area contributed by atoms with Crippen LogP contribution in [0.1, 0.15) is 11.1 Å². The van der Waals surface area contributed by atoms with Crippen molar-refractivity contribution in [2.45, 2.75) is 16.3 Å². The smallest absolute Gasteiger partial charge is 0.308 e. The van der Waals surface area contributed by atoms with Gasteiger partial charge in [-0.1, -0.05) is 65.0 Å². The molecular formula is C17H12ClF3N4OS2. The number of carbonyl (C=O) groups is 1. The Labute approximate surface area is 171 Å². The third kappa shape index (κ3) is 5.60. The van der Waals surface area contributed by atoms with E-state index in [1.54, 1.807) is 0 Å². The highest BCUT2D eigenvalue weighted by atomic mass is 35.5. The molecule has 1 aromatic heterocycles. The van der Waals surface area contributed by atoms with E-state index < -0.39 is 22.8 Å². The lowest BCUT2D eigenvalue weighted by Gasteiger charge is -2.11. The number of urea groups is 1. The molecule has 0 aliphatic carbocycles. The molecule has 0 aliphatic rings. The van der Waals surface area contributed by atoms with Crippen molar-refractivity contribution in [2.75, 3.05) is 10.6 Å². The van der Waals surface area contributed by atoms with Crippen molar-refractivity contribution < 1.29 is 18.0 Å². The highest BCUT2D eigenvalue weighted by Crippen LogP contribution is 2.36. The number of nitrogens with zero attached hydrogens (tertiary/aromatic N) is 2. The van der Waals surface area contributed by atoms with E-state index in [0.29, 0.717) is 10.1 Å². The minimum atomic E-state index is -4.62. The van der Waals surface area contributed by atoms with Gasteiger partial charge in [0.15, 0.2) is 4.34 Å². The molecule has 0 atom stereocenters. The number of hydrogen-bond donors (Lipinski definition) is 2. The molecule has 0 spiro atoms. The molecule has 11 heteroatoms. The van der Waals surface area contributed by atoms with Crippen molar-refractivity contribution in [1.82, 2.24) is 10.2 Å². The number of thioether (sulfide) groups is 1. The first kappa shape index (κ1) is 20.4. The Kier molecular flexibility index (Phi) is 6.42. The van der Waals surface area contributed by atoms with E-state index in [1.165, 1.54) is 29.2 Å². The average molecular weight is 445 g/mol. The van der Waals surface area contributed by atoms with Crippen LogP contribution in [0.15, 0.2) is 52.9 Å². The summed E-state index contributed by atoms with van der Waals surface area (Å²) < 4.78 is 39.3. The molecule has 0 bridgehead atoms. The van der Waals surface area contributed by atoms with Crippen molar-refractivity contribution in [3.8, 4) is 0 Å². The average Bonchev–Trinajstić information content (AvgIpc) is 3.09. The van der Waals surface area contributed by atoms with Gasteiger partial charge in [0.2, 0.25) is 5.13 Å². The van der Waals surface area contributed by atoms with Gasteiger partial charge in [-0.2, -0.15) is 13.2 Å². The van der Waals surface area contributed by atoms with Crippen molar-refractivity contribution in [2.24, 2.45) is 0 Å². The Morgan fingerprint density at radius 3 is 2.57 bits per heavy atom. The maximum Gasteiger partial charge on any atom is 0.417 e. The molecule has 2 aromatic carbocycles. The van der Waals surface area contributed by atoms with Gasteiger partial charge in [-0.15, -0.1) is 10.2 Å². The van der Waals surface area contributed by atoms with Gasteiger partial charge in [-0.3, -0.25) is 5.32 Å². The van der Waals surface area contributed by atoms with E-state index in [4.69, 9.17) is 11.6 Å². The van der Waals surface area contributed by atoms with Gasteiger partial charge in [0.25, 0.3) is 0 Å². The van der Waals surface area contributed by atoms with Crippen LogP contribution in [0.5, 0.6) is 0 Å². The number of rotatable bonds is 5. The maximum atomic E-state index is 12.9. The number of amides is 2.